The highest BCUT2D eigenvalue weighted by Gasteiger charge is 2.13. The first kappa shape index (κ1) is 15.0. The van der Waals surface area contributed by atoms with Gasteiger partial charge in [0, 0.05) is 18.2 Å². The van der Waals surface area contributed by atoms with Crippen LogP contribution in [0, 0.1) is 19.7 Å². The summed E-state index contributed by atoms with van der Waals surface area (Å²) < 4.78 is 21.1. The first-order valence-electron chi connectivity index (χ1n) is 6.36. The van der Waals surface area contributed by atoms with Gasteiger partial charge in [0.15, 0.2) is 5.75 Å². The minimum absolute atomic E-state index is 0.00486. The summed E-state index contributed by atoms with van der Waals surface area (Å²) in [5, 5.41) is 4.22. The van der Waals surface area contributed by atoms with Gasteiger partial charge in [-0.25, -0.2) is 10.2 Å². The number of aromatic nitrogens is 2. The van der Waals surface area contributed by atoms with Gasteiger partial charge in [0.1, 0.15) is 18.1 Å². The number of hydrogen-bond donors (Lipinski definition) is 2. The lowest BCUT2D eigenvalue weighted by Gasteiger charge is -2.09. The SMILES string of the molecule is Cc1nn(C)c(C)c1OCc1cc(C(=O)NN)ccc1F. The fraction of sp³-hybridized carbons (Fsp3) is 0.286. The van der Waals surface area contributed by atoms with E-state index in [-0.39, 0.29) is 17.7 Å². The normalized spacial score (nSPS) is 10.5. The molecule has 1 aromatic heterocycles. The minimum Gasteiger partial charge on any atom is -0.485 e. The summed E-state index contributed by atoms with van der Waals surface area (Å²) in [5.74, 6) is 4.76. The Morgan fingerprint density at radius 1 is 1.48 bits per heavy atom. The number of hydrogen-bond acceptors (Lipinski definition) is 4. The maximum Gasteiger partial charge on any atom is 0.265 e. The van der Waals surface area contributed by atoms with Crippen molar-refractivity contribution < 1.29 is 13.9 Å². The van der Waals surface area contributed by atoms with Gasteiger partial charge in [-0.3, -0.25) is 14.9 Å². The zero-order chi connectivity index (χ0) is 15.6. The second-order valence-corrected chi connectivity index (χ2v) is 4.69. The van der Waals surface area contributed by atoms with E-state index in [0.717, 1.165) is 11.4 Å². The first-order chi connectivity index (χ1) is 9.93. The van der Waals surface area contributed by atoms with E-state index < -0.39 is 11.7 Å². The maximum absolute atomic E-state index is 13.8. The molecule has 0 radical (unpaired) electrons. The summed E-state index contributed by atoms with van der Waals surface area (Å²) in [6, 6.07) is 3.99. The Morgan fingerprint density at radius 2 is 2.19 bits per heavy atom. The summed E-state index contributed by atoms with van der Waals surface area (Å²) >= 11 is 0. The van der Waals surface area contributed by atoms with E-state index in [2.05, 4.69) is 5.10 Å². The van der Waals surface area contributed by atoms with E-state index in [1.807, 2.05) is 26.3 Å². The Hall–Kier alpha value is -2.41. The predicted octanol–water partition coefficient (Wildman–Crippen LogP) is 1.36. The number of nitrogens with zero attached hydrogens (tertiary/aromatic N) is 2. The number of carbonyl (C=O) groups excluding carboxylic acids is 1. The molecule has 6 nitrogen and oxygen atoms in total. The van der Waals surface area contributed by atoms with E-state index in [4.69, 9.17) is 10.6 Å². The van der Waals surface area contributed by atoms with Gasteiger partial charge in [-0.05, 0) is 32.0 Å². The van der Waals surface area contributed by atoms with Crippen molar-refractivity contribution in [1.82, 2.24) is 15.2 Å². The third-order valence-electron chi connectivity index (χ3n) is 3.25. The highest BCUT2D eigenvalue weighted by atomic mass is 19.1. The van der Waals surface area contributed by atoms with E-state index >= 15 is 0 Å². The van der Waals surface area contributed by atoms with Crippen LogP contribution in [0.15, 0.2) is 18.2 Å². The van der Waals surface area contributed by atoms with Gasteiger partial charge in [0.05, 0.1) is 5.69 Å². The predicted molar refractivity (Wildman–Crippen MR) is 75.1 cm³/mol. The molecule has 0 saturated heterocycles. The molecule has 0 aliphatic heterocycles. The molecular weight excluding hydrogens is 275 g/mol. The van der Waals surface area contributed by atoms with E-state index in [0.29, 0.717) is 5.75 Å². The van der Waals surface area contributed by atoms with Crippen molar-refractivity contribution in [2.45, 2.75) is 20.5 Å². The lowest BCUT2D eigenvalue weighted by atomic mass is 10.1. The number of rotatable bonds is 4. The van der Waals surface area contributed by atoms with Crippen molar-refractivity contribution in [2.24, 2.45) is 12.9 Å². The smallest absolute Gasteiger partial charge is 0.265 e. The summed E-state index contributed by atoms with van der Waals surface area (Å²) in [5.41, 5.74) is 4.14. The minimum atomic E-state index is -0.481. The highest BCUT2D eigenvalue weighted by Crippen LogP contribution is 2.23. The molecule has 0 unspecified atom stereocenters. The first-order valence-corrected chi connectivity index (χ1v) is 6.36. The lowest BCUT2D eigenvalue weighted by molar-refractivity contribution is 0.0953. The molecule has 0 aliphatic carbocycles. The number of benzene rings is 1. The quantitative estimate of drug-likeness (QED) is 0.506. The number of nitrogens with one attached hydrogen (secondary N) is 1. The average molecular weight is 292 g/mol. The van der Waals surface area contributed by atoms with Crippen LogP contribution in [-0.4, -0.2) is 15.7 Å². The van der Waals surface area contributed by atoms with Gasteiger partial charge >= 0.3 is 0 Å². The molecule has 7 heteroatoms. The Balaban J connectivity index is 2.21. The molecule has 3 N–H and O–H groups in total. The zero-order valence-electron chi connectivity index (χ0n) is 12.1. The lowest BCUT2D eigenvalue weighted by Crippen LogP contribution is -2.30. The van der Waals surface area contributed by atoms with Crippen molar-refractivity contribution >= 4 is 5.91 Å². The monoisotopic (exact) mass is 292 g/mol. The van der Waals surface area contributed by atoms with E-state index in [1.165, 1.54) is 18.2 Å². The van der Waals surface area contributed by atoms with Crippen LogP contribution in [0.25, 0.3) is 0 Å². The van der Waals surface area contributed by atoms with Crippen LogP contribution in [0.3, 0.4) is 0 Å². The molecule has 0 fully saturated rings. The molecule has 21 heavy (non-hydrogen) atoms. The second-order valence-electron chi connectivity index (χ2n) is 4.69. The van der Waals surface area contributed by atoms with Crippen LogP contribution in [0.2, 0.25) is 0 Å². The molecule has 0 bridgehead atoms. The molecule has 0 spiro atoms. The summed E-state index contributed by atoms with van der Waals surface area (Å²) in [4.78, 5) is 11.5. The molecule has 0 atom stereocenters. The summed E-state index contributed by atoms with van der Waals surface area (Å²) in [6.07, 6.45) is 0. The summed E-state index contributed by atoms with van der Waals surface area (Å²) in [6.45, 7) is 3.69. The van der Waals surface area contributed by atoms with Crippen LogP contribution in [-0.2, 0) is 13.7 Å². The van der Waals surface area contributed by atoms with Gasteiger partial charge in [-0.15, -0.1) is 0 Å². The van der Waals surface area contributed by atoms with E-state index in [1.54, 1.807) is 4.68 Å². The summed E-state index contributed by atoms with van der Waals surface area (Å²) in [7, 11) is 1.81. The van der Waals surface area contributed by atoms with Gasteiger partial charge in [0.25, 0.3) is 5.91 Å². The second kappa shape index (κ2) is 5.92. The largest absolute Gasteiger partial charge is 0.485 e. The number of carbonyl (C=O) groups is 1. The average Bonchev–Trinajstić information content (AvgIpc) is 2.71. The van der Waals surface area contributed by atoms with Crippen LogP contribution in [0.5, 0.6) is 5.75 Å². The number of aryl methyl sites for hydroxylation is 2. The molecule has 112 valence electrons. The molecule has 0 aliphatic rings. The van der Waals surface area contributed by atoms with Crippen molar-refractivity contribution in [3.8, 4) is 5.75 Å². The van der Waals surface area contributed by atoms with Crippen LogP contribution in [0.1, 0.15) is 27.3 Å². The van der Waals surface area contributed by atoms with Gasteiger partial charge < -0.3 is 4.74 Å². The Morgan fingerprint density at radius 3 is 2.76 bits per heavy atom. The number of nitrogens with two attached hydrogens (primary N) is 1. The molecule has 1 heterocycles. The van der Waals surface area contributed by atoms with Crippen molar-refractivity contribution in [3.63, 3.8) is 0 Å². The van der Waals surface area contributed by atoms with E-state index in [9.17, 15) is 9.18 Å². The van der Waals surface area contributed by atoms with Crippen LogP contribution >= 0.6 is 0 Å². The third kappa shape index (κ3) is 3.03. The number of halogens is 1. The number of nitrogen functional groups attached to an aromatic ring is 1. The molecule has 1 aromatic carbocycles. The standard InChI is InChI=1S/C14H17FN4O2/c1-8-13(9(2)19(3)18-8)21-7-11-6-10(14(20)17-16)4-5-12(11)15/h4-6H,7,16H2,1-3H3,(H,17,20). The number of hydrazine groups is 1. The van der Waals surface area contributed by atoms with Gasteiger partial charge in [-0.2, -0.15) is 5.10 Å². The molecule has 2 rings (SSSR count). The van der Waals surface area contributed by atoms with Crippen LogP contribution in [0.4, 0.5) is 4.39 Å². The van der Waals surface area contributed by atoms with Crippen molar-refractivity contribution in [2.75, 3.05) is 0 Å². The van der Waals surface area contributed by atoms with Crippen molar-refractivity contribution in [1.29, 1.82) is 0 Å². The van der Waals surface area contributed by atoms with Gasteiger partial charge in [-0.1, -0.05) is 0 Å². The zero-order valence-corrected chi connectivity index (χ0v) is 12.1. The fourth-order valence-electron chi connectivity index (χ4n) is 2.02. The number of ether oxygens (including phenoxy) is 1. The molecular formula is C14H17FN4O2. The Labute approximate surface area is 121 Å². The molecule has 1 amide bonds. The molecule has 2 aromatic rings. The highest BCUT2D eigenvalue weighted by molar-refractivity contribution is 5.93. The van der Waals surface area contributed by atoms with Gasteiger partial charge in [0.2, 0.25) is 0 Å². The molecule has 0 saturated carbocycles. The van der Waals surface area contributed by atoms with Crippen LogP contribution < -0.4 is 16.0 Å². The maximum atomic E-state index is 13.8. The van der Waals surface area contributed by atoms with Crippen molar-refractivity contribution in [3.05, 3.63) is 46.5 Å². The number of amides is 1. The fourth-order valence-corrected chi connectivity index (χ4v) is 2.02. The Bertz CT molecular complexity index is 682. The topological polar surface area (TPSA) is 82.2 Å². The Kier molecular flexibility index (Phi) is 4.23. The third-order valence-corrected chi connectivity index (χ3v) is 3.25.